The minimum Gasteiger partial charge on any atom is -0.0620 e. The number of hydrogen-bond acceptors (Lipinski definition) is 0. The van der Waals surface area contributed by atoms with E-state index in [9.17, 15) is 0 Å². The maximum atomic E-state index is 2.28. The Morgan fingerprint density at radius 2 is 1.41 bits per heavy atom. The standard InChI is InChI=1S/C22H22/c1-16-8-6-10-19(14-16)15-20-11-7-13-22(18(20)3)21-12-5-4-9-17(21)2/h4-14H,15H2,1-3H3. The highest BCUT2D eigenvalue weighted by atomic mass is 14.1. The van der Waals surface area contributed by atoms with Gasteiger partial charge in [-0.05, 0) is 60.6 Å². The summed E-state index contributed by atoms with van der Waals surface area (Å²) in [6, 6.07) is 24.1. The summed E-state index contributed by atoms with van der Waals surface area (Å²) in [5.74, 6) is 0. The predicted octanol–water partition coefficient (Wildman–Crippen LogP) is 5.87. The molecule has 0 atom stereocenters. The summed E-state index contributed by atoms with van der Waals surface area (Å²) in [4.78, 5) is 0. The van der Waals surface area contributed by atoms with Crippen LogP contribution in [0.1, 0.15) is 27.8 Å². The van der Waals surface area contributed by atoms with Crippen molar-refractivity contribution < 1.29 is 0 Å². The lowest BCUT2D eigenvalue weighted by atomic mass is 9.91. The summed E-state index contributed by atoms with van der Waals surface area (Å²) in [5, 5.41) is 0. The Balaban J connectivity index is 2.01. The molecule has 0 fully saturated rings. The highest BCUT2D eigenvalue weighted by Crippen LogP contribution is 2.29. The molecule has 0 aromatic heterocycles. The molecule has 0 heteroatoms. The van der Waals surface area contributed by atoms with Gasteiger partial charge in [0.1, 0.15) is 0 Å². The summed E-state index contributed by atoms with van der Waals surface area (Å²) in [6.45, 7) is 6.58. The molecular formula is C22H22. The fourth-order valence-electron chi connectivity index (χ4n) is 3.08. The third-order valence-corrected chi connectivity index (χ3v) is 4.36. The summed E-state index contributed by atoms with van der Waals surface area (Å²) >= 11 is 0. The third kappa shape index (κ3) is 2.96. The second-order valence-electron chi connectivity index (χ2n) is 6.07. The van der Waals surface area contributed by atoms with Gasteiger partial charge in [0, 0.05) is 0 Å². The Labute approximate surface area is 133 Å². The van der Waals surface area contributed by atoms with E-state index in [1.807, 2.05) is 0 Å². The van der Waals surface area contributed by atoms with E-state index in [4.69, 9.17) is 0 Å². The minimum absolute atomic E-state index is 0.993. The minimum atomic E-state index is 0.993. The fraction of sp³-hybridized carbons (Fsp3) is 0.182. The van der Waals surface area contributed by atoms with Crippen LogP contribution >= 0.6 is 0 Å². The van der Waals surface area contributed by atoms with Gasteiger partial charge in [0.05, 0.1) is 0 Å². The zero-order valence-corrected chi connectivity index (χ0v) is 13.6. The molecule has 110 valence electrons. The first-order valence-corrected chi connectivity index (χ1v) is 7.85. The molecule has 0 N–H and O–H groups in total. The molecule has 0 heterocycles. The van der Waals surface area contributed by atoms with E-state index in [2.05, 4.69) is 87.5 Å². The van der Waals surface area contributed by atoms with Crippen LogP contribution in [0.5, 0.6) is 0 Å². The van der Waals surface area contributed by atoms with E-state index in [0.717, 1.165) is 6.42 Å². The highest BCUT2D eigenvalue weighted by molar-refractivity contribution is 5.71. The van der Waals surface area contributed by atoms with Gasteiger partial charge >= 0.3 is 0 Å². The summed E-state index contributed by atoms with van der Waals surface area (Å²) in [7, 11) is 0. The van der Waals surface area contributed by atoms with Crippen LogP contribution in [-0.2, 0) is 6.42 Å². The van der Waals surface area contributed by atoms with E-state index in [1.165, 1.54) is 38.9 Å². The third-order valence-electron chi connectivity index (χ3n) is 4.36. The Hall–Kier alpha value is -2.34. The zero-order chi connectivity index (χ0) is 15.5. The molecule has 22 heavy (non-hydrogen) atoms. The first-order valence-electron chi connectivity index (χ1n) is 7.85. The summed E-state index contributed by atoms with van der Waals surface area (Å²) in [5.41, 5.74) is 9.52. The molecule has 0 amide bonds. The van der Waals surface area contributed by atoms with Crippen LogP contribution in [0, 0.1) is 20.8 Å². The molecule has 0 unspecified atom stereocenters. The number of aryl methyl sites for hydroxylation is 2. The lowest BCUT2D eigenvalue weighted by molar-refractivity contribution is 1.15. The lowest BCUT2D eigenvalue weighted by Crippen LogP contribution is -1.95. The molecule has 3 aromatic carbocycles. The van der Waals surface area contributed by atoms with Gasteiger partial charge in [-0.1, -0.05) is 72.3 Å². The number of hydrogen-bond donors (Lipinski definition) is 0. The maximum Gasteiger partial charge on any atom is -0.00228 e. The van der Waals surface area contributed by atoms with Crippen molar-refractivity contribution in [1.29, 1.82) is 0 Å². The number of benzene rings is 3. The average Bonchev–Trinajstić information content (AvgIpc) is 2.50. The Bertz CT molecular complexity index is 797. The van der Waals surface area contributed by atoms with Crippen LogP contribution in [0.2, 0.25) is 0 Å². The Morgan fingerprint density at radius 3 is 2.18 bits per heavy atom. The van der Waals surface area contributed by atoms with Gasteiger partial charge in [0.15, 0.2) is 0 Å². The highest BCUT2D eigenvalue weighted by Gasteiger charge is 2.08. The van der Waals surface area contributed by atoms with Crippen molar-refractivity contribution in [2.24, 2.45) is 0 Å². The van der Waals surface area contributed by atoms with Crippen molar-refractivity contribution in [2.75, 3.05) is 0 Å². The Kier molecular flexibility index (Phi) is 4.11. The summed E-state index contributed by atoms with van der Waals surface area (Å²) < 4.78 is 0. The van der Waals surface area contributed by atoms with Crippen molar-refractivity contribution in [1.82, 2.24) is 0 Å². The molecule has 0 aliphatic heterocycles. The Morgan fingerprint density at radius 1 is 0.682 bits per heavy atom. The van der Waals surface area contributed by atoms with Gasteiger partial charge in [0.2, 0.25) is 0 Å². The van der Waals surface area contributed by atoms with Crippen molar-refractivity contribution in [3.8, 4) is 11.1 Å². The molecule has 0 spiro atoms. The van der Waals surface area contributed by atoms with Crippen LogP contribution < -0.4 is 0 Å². The molecule has 3 rings (SSSR count). The zero-order valence-electron chi connectivity index (χ0n) is 13.6. The molecule has 0 aliphatic rings. The molecule has 0 nitrogen and oxygen atoms in total. The van der Waals surface area contributed by atoms with Crippen LogP contribution in [0.25, 0.3) is 11.1 Å². The topological polar surface area (TPSA) is 0 Å². The molecule has 3 aromatic rings. The van der Waals surface area contributed by atoms with Crippen LogP contribution in [0.3, 0.4) is 0 Å². The van der Waals surface area contributed by atoms with Gasteiger partial charge in [-0.2, -0.15) is 0 Å². The SMILES string of the molecule is Cc1cccc(Cc2cccc(-c3ccccc3C)c2C)c1. The maximum absolute atomic E-state index is 2.28. The molecule has 0 bridgehead atoms. The van der Waals surface area contributed by atoms with Crippen molar-refractivity contribution in [2.45, 2.75) is 27.2 Å². The first-order chi connectivity index (χ1) is 10.6. The molecular weight excluding hydrogens is 264 g/mol. The van der Waals surface area contributed by atoms with Crippen molar-refractivity contribution >= 4 is 0 Å². The quantitative estimate of drug-likeness (QED) is 0.565. The van der Waals surface area contributed by atoms with Crippen LogP contribution in [-0.4, -0.2) is 0 Å². The van der Waals surface area contributed by atoms with Gasteiger partial charge < -0.3 is 0 Å². The van der Waals surface area contributed by atoms with E-state index in [1.54, 1.807) is 0 Å². The van der Waals surface area contributed by atoms with E-state index in [-0.39, 0.29) is 0 Å². The van der Waals surface area contributed by atoms with Gasteiger partial charge in [0.25, 0.3) is 0 Å². The van der Waals surface area contributed by atoms with Crippen molar-refractivity contribution in [3.63, 3.8) is 0 Å². The van der Waals surface area contributed by atoms with E-state index in [0.29, 0.717) is 0 Å². The van der Waals surface area contributed by atoms with Crippen LogP contribution in [0.15, 0.2) is 66.7 Å². The predicted molar refractivity (Wildman–Crippen MR) is 95.3 cm³/mol. The molecule has 0 aliphatic carbocycles. The molecule has 0 saturated carbocycles. The number of rotatable bonds is 3. The normalized spacial score (nSPS) is 10.7. The van der Waals surface area contributed by atoms with Gasteiger partial charge in [-0.25, -0.2) is 0 Å². The van der Waals surface area contributed by atoms with Gasteiger partial charge in [-0.15, -0.1) is 0 Å². The summed E-state index contributed by atoms with van der Waals surface area (Å²) in [6.07, 6.45) is 0.993. The smallest absolute Gasteiger partial charge is 0.00228 e. The van der Waals surface area contributed by atoms with Crippen LogP contribution in [0.4, 0.5) is 0 Å². The second-order valence-corrected chi connectivity index (χ2v) is 6.07. The average molecular weight is 286 g/mol. The monoisotopic (exact) mass is 286 g/mol. The molecule has 0 radical (unpaired) electrons. The van der Waals surface area contributed by atoms with Gasteiger partial charge in [-0.3, -0.25) is 0 Å². The largest absolute Gasteiger partial charge is 0.0620 e. The lowest BCUT2D eigenvalue weighted by Gasteiger charge is -2.14. The fourth-order valence-corrected chi connectivity index (χ4v) is 3.08. The molecule has 0 saturated heterocycles. The van der Waals surface area contributed by atoms with E-state index >= 15 is 0 Å². The second kappa shape index (κ2) is 6.19. The van der Waals surface area contributed by atoms with E-state index < -0.39 is 0 Å². The first kappa shape index (κ1) is 14.6. The van der Waals surface area contributed by atoms with Crippen molar-refractivity contribution in [3.05, 3.63) is 94.5 Å².